The van der Waals surface area contributed by atoms with E-state index in [0.29, 0.717) is 19.3 Å². The molecule has 0 saturated carbocycles. The van der Waals surface area contributed by atoms with Crippen molar-refractivity contribution in [1.29, 1.82) is 0 Å². The Morgan fingerprint density at radius 1 is 1.15 bits per heavy atom. The molecule has 112 valence electrons. The fourth-order valence-corrected chi connectivity index (χ4v) is 2.61. The van der Waals surface area contributed by atoms with Gasteiger partial charge < -0.3 is 19.5 Å². The molecule has 1 unspecified atom stereocenters. The first-order valence-corrected chi connectivity index (χ1v) is 7.29. The summed E-state index contributed by atoms with van der Waals surface area (Å²) in [4.78, 5) is 0. The van der Waals surface area contributed by atoms with Crippen LogP contribution in [0.3, 0.4) is 0 Å². The highest BCUT2D eigenvalue weighted by molar-refractivity contribution is 5.37. The molecule has 20 heavy (non-hydrogen) atoms. The summed E-state index contributed by atoms with van der Waals surface area (Å²) in [6.45, 7) is 2.97. The third-order valence-corrected chi connectivity index (χ3v) is 3.75. The van der Waals surface area contributed by atoms with Gasteiger partial charge in [-0.1, -0.05) is 6.07 Å². The van der Waals surface area contributed by atoms with Crippen molar-refractivity contribution in [2.45, 2.75) is 25.3 Å². The monoisotopic (exact) mass is 279 g/mol. The minimum absolute atomic E-state index is 0.542. The van der Waals surface area contributed by atoms with E-state index in [0.717, 1.165) is 31.7 Å². The van der Waals surface area contributed by atoms with Crippen LogP contribution in [0.4, 0.5) is 0 Å². The van der Waals surface area contributed by atoms with Crippen molar-refractivity contribution in [2.24, 2.45) is 0 Å². The molecule has 0 aromatic heterocycles. The zero-order valence-corrected chi connectivity index (χ0v) is 12.5. The highest BCUT2D eigenvalue weighted by Gasteiger charge is 2.18. The number of methoxy groups -OCH3 is 2. The van der Waals surface area contributed by atoms with Crippen molar-refractivity contribution in [3.05, 3.63) is 29.3 Å². The molecule has 1 aliphatic rings. The van der Waals surface area contributed by atoms with Gasteiger partial charge in [0.1, 0.15) is 5.75 Å². The van der Waals surface area contributed by atoms with E-state index in [-0.39, 0.29) is 0 Å². The molecular formula is C16H25NO3. The van der Waals surface area contributed by atoms with Crippen LogP contribution in [-0.4, -0.2) is 46.6 Å². The molecule has 1 aromatic rings. The predicted octanol–water partition coefficient (Wildman–Crippen LogP) is 1.81. The maximum atomic E-state index is 5.46. The van der Waals surface area contributed by atoms with Gasteiger partial charge in [0.25, 0.3) is 0 Å². The van der Waals surface area contributed by atoms with Gasteiger partial charge in [-0.3, -0.25) is 0 Å². The summed E-state index contributed by atoms with van der Waals surface area (Å²) in [5, 5.41) is 3.57. The van der Waals surface area contributed by atoms with Crippen LogP contribution in [-0.2, 0) is 22.3 Å². The maximum absolute atomic E-state index is 5.46. The lowest BCUT2D eigenvalue weighted by Crippen LogP contribution is -2.36. The Balaban J connectivity index is 1.73. The first-order valence-electron chi connectivity index (χ1n) is 7.29. The van der Waals surface area contributed by atoms with Gasteiger partial charge in [0.15, 0.2) is 0 Å². The second-order valence-corrected chi connectivity index (χ2v) is 5.13. The Hall–Kier alpha value is -1.10. The van der Waals surface area contributed by atoms with Crippen molar-refractivity contribution in [3.8, 4) is 5.75 Å². The molecule has 4 heteroatoms. The minimum atomic E-state index is 0.542. The lowest BCUT2D eigenvalue weighted by atomic mass is 9.88. The van der Waals surface area contributed by atoms with Crippen LogP contribution in [0.1, 0.15) is 17.5 Å². The summed E-state index contributed by atoms with van der Waals surface area (Å²) in [5.41, 5.74) is 2.87. The van der Waals surface area contributed by atoms with E-state index in [4.69, 9.17) is 14.2 Å². The molecule has 1 atom stereocenters. The fraction of sp³-hybridized carbons (Fsp3) is 0.625. The molecule has 0 bridgehead atoms. The molecule has 1 aromatic carbocycles. The van der Waals surface area contributed by atoms with Crippen LogP contribution in [0.5, 0.6) is 5.75 Å². The van der Waals surface area contributed by atoms with E-state index in [1.165, 1.54) is 17.5 Å². The van der Waals surface area contributed by atoms with Gasteiger partial charge in [0, 0.05) is 19.7 Å². The minimum Gasteiger partial charge on any atom is -0.497 e. The molecule has 0 aliphatic heterocycles. The molecule has 1 aliphatic carbocycles. The Bertz CT molecular complexity index is 409. The van der Waals surface area contributed by atoms with Crippen LogP contribution < -0.4 is 10.1 Å². The molecule has 4 nitrogen and oxygen atoms in total. The summed E-state index contributed by atoms with van der Waals surface area (Å²) < 4.78 is 15.7. The standard InChI is InChI=1S/C16H25NO3/c1-18-9-10-20-8-7-17-15-5-3-13-4-6-16(19-2)12-14(13)11-15/h4,6,12,15,17H,3,5,7-11H2,1-2H3. The van der Waals surface area contributed by atoms with E-state index < -0.39 is 0 Å². The maximum Gasteiger partial charge on any atom is 0.119 e. The number of nitrogens with one attached hydrogen (secondary N) is 1. The van der Waals surface area contributed by atoms with Gasteiger partial charge >= 0.3 is 0 Å². The van der Waals surface area contributed by atoms with Gasteiger partial charge in [-0.05, 0) is 42.5 Å². The lowest BCUT2D eigenvalue weighted by molar-refractivity contribution is 0.0709. The van der Waals surface area contributed by atoms with E-state index in [9.17, 15) is 0 Å². The number of fused-ring (bicyclic) bond motifs is 1. The van der Waals surface area contributed by atoms with Crippen LogP contribution in [0.15, 0.2) is 18.2 Å². The summed E-state index contributed by atoms with van der Waals surface area (Å²) in [6, 6.07) is 6.95. The largest absolute Gasteiger partial charge is 0.497 e. The normalized spacial score (nSPS) is 17.8. The topological polar surface area (TPSA) is 39.7 Å². The summed E-state index contributed by atoms with van der Waals surface area (Å²) in [7, 11) is 3.41. The van der Waals surface area contributed by atoms with Crippen LogP contribution in [0.25, 0.3) is 0 Å². The average molecular weight is 279 g/mol. The summed E-state index contributed by atoms with van der Waals surface area (Å²) in [5.74, 6) is 0.951. The third-order valence-electron chi connectivity index (χ3n) is 3.75. The third kappa shape index (κ3) is 4.47. The Kier molecular flexibility index (Phi) is 6.30. The molecule has 2 rings (SSSR count). The van der Waals surface area contributed by atoms with Crippen molar-refractivity contribution in [3.63, 3.8) is 0 Å². The highest BCUT2D eigenvalue weighted by Crippen LogP contribution is 2.25. The molecule has 0 saturated heterocycles. The van der Waals surface area contributed by atoms with Gasteiger partial charge in [-0.25, -0.2) is 0 Å². The second-order valence-electron chi connectivity index (χ2n) is 5.13. The fourth-order valence-electron chi connectivity index (χ4n) is 2.61. The van der Waals surface area contributed by atoms with Gasteiger partial charge in [-0.15, -0.1) is 0 Å². The van der Waals surface area contributed by atoms with Gasteiger partial charge in [0.05, 0.1) is 26.9 Å². The smallest absolute Gasteiger partial charge is 0.119 e. The van der Waals surface area contributed by atoms with Crippen molar-refractivity contribution in [2.75, 3.05) is 40.6 Å². The Morgan fingerprint density at radius 2 is 2.05 bits per heavy atom. The van der Waals surface area contributed by atoms with Crippen LogP contribution >= 0.6 is 0 Å². The SMILES string of the molecule is COCCOCCNC1CCc2ccc(OC)cc2C1. The van der Waals surface area contributed by atoms with E-state index in [2.05, 4.69) is 23.5 Å². The van der Waals surface area contributed by atoms with Gasteiger partial charge in [-0.2, -0.15) is 0 Å². The molecule has 0 radical (unpaired) electrons. The second kappa shape index (κ2) is 8.25. The number of hydrogen-bond donors (Lipinski definition) is 1. The molecule has 0 heterocycles. The summed E-state index contributed by atoms with van der Waals surface area (Å²) in [6.07, 6.45) is 3.41. The predicted molar refractivity (Wildman–Crippen MR) is 79.5 cm³/mol. The van der Waals surface area contributed by atoms with Crippen molar-refractivity contribution in [1.82, 2.24) is 5.32 Å². The molecule has 0 fully saturated rings. The lowest BCUT2D eigenvalue weighted by Gasteiger charge is -2.26. The van der Waals surface area contributed by atoms with Crippen LogP contribution in [0, 0.1) is 0 Å². The molecule has 0 amide bonds. The number of hydrogen-bond acceptors (Lipinski definition) is 4. The van der Waals surface area contributed by atoms with Crippen molar-refractivity contribution < 1.29 is 14.2 Å². The highest BCUT2D eigenvalue weighted by atomic mass is 16.5. The van der Waals surface area contributed by atoms with Crippen LogP contribution in [0.2, 0.25) is 0 Å². The Labute approximate surface area is 121 Å². The number of ether oxygens (including phenoxy) is 3. The molecule has 1 N–H and O–H groups in total. The van der Waals surface area contributed by atoms with Crippen molar-refractivity contribution >= 4 is 0 Å². The average Bonchev–Trinajstić information content (AvgIpc) is 2.50. The first kappa shape index (κ1) is 15.3. The van der Waals surface area contributed by atoms with E-state index in [1.807, 2.05) is 0 Å². The van der Waals surface area contributed by atoms with E-state index >= 15 is 0 Å². The summed E-state index contributed by atoms with van der Waals surface area (Å²) >= 11 is 0. The number of rotatable bonds is 8. The number of benzene rings is 1. The zero-order valence-electron chi connectivity index (χ0n) is 12.5. The number of aryl methyl sites for hydroxylation is 1. The zero-order chi connectivity index (χ0) is 14.2. The van der Waals surface area contributed by atoms with E-state index in [1.54, 1.807) is 14.2 Å². The Morgan fingerprint density at radius 3 is 2.85 bits per heavy atom. The first-order chi connectivity index (χ1) is 9.83. The molecular weight excluding hydrogens is 254 g/mol. The molecule has 0 spiro atoms. The van der Waals surface area contributed by atoms with Gasteiger partial charge in [0.2, 0.25) is 0 Å². The quantitative estimate of drug-likeness (QED) is 0.737.